The molecule has 5 unspecified atom stereocenters. The summed E-state index contributed by atoms with van der Waals surface area (Å²) in [7, 11) is 1.39. The summed E-state index contributed by atoms with van der Waals surface area (Å²) in [6, 6.07) is -0.267. The fraction of sp³-hybridized carbons (Fsp3) is 1.00. The number of ether oxygens (including phenoxy) is 1. The minimum absolute atomic E-state index is 0.0426. The average Bonchev–Trinajstić information content (AvgIpc) is 2.30. The van der Waals surface area contributed by atoms with E-state index in [1.807, 2.05) is 0 Å². The molecule has 17 heavy (non-hydrogen) atoms. The van der Waals surface area contributed by atoms with Crippen molar-refractivity contribution >= 4 is 11.6 Å². The van der Waals surface area contributed by atoms with Gasteiger partial charge in [-0.15, -0.1) is 11.6 Å². The zero-order valence-corrected chi connectivity index (χ0v) is 10.4. The first-order chi connectivity index (χ1) is 7.95. The lowest BCUT2D eigenvalue weighted by molar-refractivity contribution is -0.156. The van der Waals surface area contributed by atoms with Crippen molar-refractivity contribution in [1.82, 2.24) is 5.32 Å². The second-order valence-corrected chi connectivity index (χ2v) is 4.95. The molecule has 1 rings (SSSR count). The summed E-state index contributed by atoms with van der Waals surface area (Å²) in [5, 5.41) is 39.3. The van der Waals surface area contributed by atoms with Crippen molar-refractivity contribution in [3.63, 3.8) is 0 Å². The molecular weight excluding hydrogens is 250 g/mol. The van der Waals surface area contributed by atoms with Crippen molar-refractivity contribution in [3.8, 4) is 0 Å². The van der Waals surface area contributed by atoms with E-state index in [-0.39, 0.29) is 17.3 Å². The number of methoxy groups -OCH3 is 1. The highest BCUT2D eigenvalue weighted by atomic mass is 35.5. The van der Waals surface area contributed by atoms with E-state index < -0.39 is 18.8 Å². The molecule has 6 nitrogen and oxygen atoms in total. The van der Waals surface area contributed by atoms with Gasteiger partial charge in [-0.2, -0.15) is 0 Å². The summed E-state index contributed by atoms with van der Waals surface area (Å²) in [5.74, 6) is -0.287. The molecule has 102 valence electrons. The van der Waals surface area contributed by atoms with E-state index in [4.69, 9.17) is 26.6 Å². The first-order valence-corrected chi connectivity index (χ1v) is 6.04. The molecule has 1 aliphatic rings. The van der Waals surface area contributed by atoms with E-state index in [1.54, 1.807) is 0 Å². The van der Waals surface area contributed by atoms with Gasteiger partial charge in [0.15, 0.2) is 18.8 Å². The monoisotopic (exact) mass is 269 g/mol. The van der Waals surface area contributed by atoms with Crippen molar-refractivity contribution < 1.29 is 25.2 Å². The van der Waals surface area contributed by atoms with Gasteiger partial charge >= 0.3 is 0 Å². The Hall–Kier alpha value is 0.0500. The Kier molecular flexibility index (Phi) is 6.08. The molecular formula is C10H20ClNO5. The number of alkyl halides is 1. The SMILES string of the molecule is COC(O)C1CC(Cl)CCC1NC(O)C(O)O. The number of aliphatic hydroxyl groups excluding tert-OH is 3. The molecule has 5 N–H and O–H groups in total. The van der Waals surface area contributed by atoms with E-state index in [9.17, 15) is 10.2 Å². The molecule has 0 aromatic rings. The van der Waals surface area contributed by atoms with Crippen LogP contribution in [0.2, 0.25) is 0 Å². The summed E-state index contributed by atoms with van der Waals surface area (Å²) in [6.07, 6.45) is -2.38. The van der Waals surface area contributed by atoms with Crippen LogP contribution in [0.25, 0.3) is 0 Å². The van der Waals surface area contributed by atoms with Crippen LogP contribution in [-0.4, -0.2) is 57.8 Å². The fourth-order valence-corrected chi connectivity index (χ4v) is 2.49. The van der Waals surface area contributed by atoms with Gasteiger partial charge in [-0.05, 0) is 19.3 Å². The molecule has 0 bridgehead atoms. The second kappa shape index (κ2) is 6.84. The summed E-state index contributed by atoms with van der Waals surface area (Å²) >= 11 is 6.02. The van der Waals surface area contributed by atoms with Crippen molar-refractivity contribution in [2.24, 2.45) is 5.92 Å². The van der Waals surface area contributed by atoms with Crippen molar-refractivity contribution in [2.45, 2.75) is 49.5 Å². The number of hydrogen-bond donors (Lipinski definition) is 5. The Morgan fingerprint density at radius 3 is 2.41 bits per heavy atom. The van der Waals surface area contributed by atoms with Gasteiger partial charge < -0.3 is 25.2 Å². The Morgan fingerprint density at radius 1 is 1.24 bits per heavy atom. The van der Waals surface area contributed by atoms with Gasteiger partial charge in [-0.1, -0.05) is 0 Å². The molecule has 0 aromatic carbocycles. The lowest BCUT2D eigenvalue weighted by atomic mass is 9.83. The first kappa shape index (κ1) is 15.1. The molecule has 5 atom stereocenters. The molecule has 0 aromatic heterocycles. The third-order valence-electron chi connectivity index (χ3n) is 3.11. The van der Waals surface area contributed by atoms with Gasteiger partial charge in [0.2, 0.25) is 0 Å². The minimum atomic E-state index is -1.86. The third kappa shape index (κ3) is 4.33. The summed E-state index contributed by atoms with van der Waals surface area (Å²) in [4.78, 5) is 0. The Bertz CT molecular complexity index is 231. The van der Waals surface area contributed by atoms with Crippen LogP contribution < -0.4 is 5.32 Å². The zero-order chi connectivity index (χ0) is 13.0. The maximum absolute atomic E-state index is 9.69. The lowest BCUT2D eigenvalue weighted by Crippen LogP contribution is -2.53. The lowest BCUT2D eigenvalue weighted by Gasteiger charge is -2.37. The topological polar surface area (TPSA) is 102 Å². The molecule has 0 aliphatic heterocycles. The maximum Gasteiger partial charge on any atom is 0.192 e. The first-order valence-electron chi connectivity index (χ1n) is 5.61. The van der Waals surface area contributed by atoms with Gasteiger partial charge in [0.05, 0.1) is 0 Å². The predicted molar refractivity (Wildman–Crippen MR) is 61.2 cm³/mol. The van der Waals surface area contributed by atoms with E-state index in [2.05, 4.69) is 5.32 Å². The molecule has 0 amide bonds. The number of nitrogens with one attached hydrogen (secondary N) is 1. The summed E-state index contributed by atoms with van der Waals surface area (Å²) < 4.78 is 4.86. The van der Waals surface area contributed by atoms with Crippen molar-refractivity contribution in [3.05, 3.63) is 0 Å². The van der Waals surface area contributed by atoms with Gasteiger partial charge in [0, 0.05) is 24.4 Å². The van der Waals surface area contributed by atoms with Crippen LogP contribution in [0.1, 0.15) is 19.3 Å². The van der Waals surface area contributed by atoms with Gasteiger partial charge in [0.1, 0.15) is 0 Å². The van der Waals surface area contributed by atoms with Crippen molar-refractivity contribution in [2.75, 3.05) is 7.11 Å². The maximum atomic E-state index is 9.69. The highest BCUT2D eigenvalue weighted by Gasteiger charge is 2.36. The van der Waals surface area contributed by atoms with Gasteiger partial charge in [0.25, 0.3) is 0 Å². The highest BCUT2D eigenvalue weighted by molar-refractivity contribution is 6.20. The average molecular weight is 270 g/mol. The van der Waals surface area contributed by atoms with Gasteiger partial charge in [-0.25, -0.2) is 0 Å². The van der Waals surface area contributed by atoms with Gasteiger partial charge in [-0.3, -0.25) is 5.32 Å². The van der Waals surface area contributed by atoms with Crippen LogP contribution in [0.15, 0.2) is 0 Å². The second-order valence-electron chi connectivity index (χ2n) is 4.33. The summed E-state index contributed by atoms with van der Waals surface area (Å²) in [5.41, 5.74) is 0. The van der Waals surface area contributed by atoms with Crippen LogP contribution >= 0.6 is 11.6 Å². The minimum Gasteiger partial charge on any atom is -0.373 e. The molecule has 0 radical (unpaired) electrons. The number of aliphatic hydroxyl groups is 4. The summed E-state index contributed by atoms with van der Waals surface area (Å²) in [6.45, 7) is 0. The quantitative estimate of drug-likeness (QED) is 0.322. The molecule has 0 spiro atoms. The Morgan fingerprint density at radius 2 is 1.88 bits per heavy atom. The van der Waals surface area contributed by atoms with Crippen LogP contribution in [0.4, 0.5) is 0 Å². The Balaban J connectivity index is 2.60. The molecule has 1 fully saturated rings. The molecule has 0 heterocycles. The third-order valence-corrected chi connectivity index (χ3v) is 3.51. The normalized spacial score (nSPS) is 33.7. The number of hydrogen-bond acceptors (Lipinski definition) is 6. The largest absolute Gasteiger partial charge is 0.373 e. The van der Waals surface area contributed by atoms with E-state index in [0.717, 1.165) is 6.42 Å². The van der Waals surface area contributed by atoms with E-state index in [1.165, 1.54) is 7.11 Å². The van der Waals surface area contributed by atoms with E-state index in [0.29, 0.717) is 12.8 Å². The molecule has 1 aliphatic carbocycles. The predicted octanol–water partition coefficient (Wildman–Crippen LogP) is -1.05. The Labute approximate surface area is 105 Å². The molecule has 1 saturated carbocycles. The zero-order valence-electron chi connectivity index (χ0n) is 9.66. The standard InChI is InChI=1S/C10H20ClNO5/c1-17-10(16)6-4-5(11)2-3-7(6)12-8(13)9(14)15/h5-10,12-16H,2-4H2,1H3. The van der Waals surface area contributed by atoms with Crippen LogP contribution in [0, 0.1) is 5.92 Å². The van der Waals surface area contributed by atoms with Crippen molar-refractivity contribution in [1.29, 1.82) is 0 Å². The smallest absolute Gasteiger partial charge is 0.192 e. The van der Waals surface area contributed by atoms with Crippen LogP contribution in [0.3, 0.4) is 0 Å². The van der Waals surface area contributed by atoms with E-state index >= 15 is 0 Å². The molecule has 7 heteroatoms. The van der Waals surface area contributed by atoms with Crippen LogP contribution in [0.5, 0.6) is 0 Å². The highest BCUT2D eigenvalue weighted by Crippen LogP contribution is 2.31. The molecule has 0 saturated heterocycles. The number of rotatable bonds is 5. The fourth-order valence-electron chi connectivity index (χ4n) is 2.15. The number of halogens is 1. The van der Waals surface area contributed by atoms with Crippen LogP contribution in [-0.2, 0) is 4.74 Å².